The second-order valence-electron chi connectivity index (χ2n) is 8.47. The lowest BCUT2D eigenvalue weighted by Crippen LogP contribution is -2.43. The van der Waals surface area contributed by atoms with E-state index >= 15 is 0 Å². The van der Waals surface area contributed by atoms with Gasteiger partial charge < -0.3 is 25.0 Å². The molecule has 2 aromatic carbocycles. The summed E-state index contributed by atoms with van der Waals surface area (Å²) >= 11 is 0.886. The first kappa shape index (κ1) is 23.7. The molecule has 0 saturated carbocycles. The molecule has 0 unspecified atom stereocenters. The van der Waals surface area contributed by atoms with E-state index in [0.29, 0.717) is 47.8 Å². The third-order valence-corrected chi connectivity index (χ3v) is 6.87. The van der Waals surface area contributed by atoms with Crippen LogP contribution in [0.1, 0.15) is 38.0 Å². The maximum absolute atomic E-state index is 13.3. The first-order valence-electron chi connectivity index (χ1n) is 11.3. The number of halogens is 1. The number of piperidine rings is 1. The Labute approximate surface area is 209 Å². The summed E-state index contributed by atoms with van der Waals surface area (Å²) in [5.74, 6) is -0.795. The van der Waals surface area contributed by atoms with Crippen molar-refractivity contribution in [3.05, 3.63) is 57.8 Å². The average Bonchev–Trinajstić information content (AvgIpc) is 3.55. The molecule has 0 bridgehead atoms. The van der Waals surface area contributed by atoms with Gasteiger partial charge >= 0.3 is 0 Å². The first-order chi connectivity index (χ1) is 17.4. The van der Waals surface area contributed by atoms with Crippen molar-refractivity contribution in [3.63, 3.8) is 0 Å². The number of rotatable bonds is 5. The Hall–Kier alpha value is -4.06. The number of amides is 3. The minimum Gasteiger partial charge on any atom is -0.454 e. The molecule has 1 atom stereocenters. The predicted octanol–water partition coefficient (Wildman–Crippen LogP) is 3.46. The molecule has 3 aromatic rings. The highest BCUT2D eigenvalue weighted by molar-refractivity contribution is 7.15. The lowest BCUT2D eigenvalue weighted by Gasteiger charge is -2.31. The van der Waals surface area contributed by atoms with Gasteiger partial charge in [0.2, 0.25) is 22.7 Å². The summed E-state index contributed by atoms with van der Waals surface area (Å²) in [6.07, 6.45) is 1.26. The van der Waals surface area contributed by atoms with Crippen molar-refractivity contribution in [1.82, 2.24) is 15.1 Å². The summed E-state index contributed by atoms with van der Waals surface area (Å²) in [4.78, 5) is 40.0. The van der Waals surface area contributed by atoms with Crippen molar-refractivity contribution in [1.29, 1.82) is 0 Å². The van der Waals surface area contributed by atoms with Crippen molar-refractivity contribution in [2.45, 2.75) is 19.8 Å². The van der Waals surface area contributed by atoms with Crippen molar-refractivity contribution in [2.75, 3.05) is 30.5 Å². The maximum atomic E-state index is 13.3. The minimum absolute atomic E-state index is 0.0362. The molecule has 1 fully saturated rings. The third-order valence-electron chi connectivity index (χ3n) is 5.96. The van der Waals surface area contributed by atoms with Crippen LogP contribution >= 0.6 is 11.3 Å². The number of nitrogens with one attached hydrogen (secondary N) is 2. The number of hydrogen-bond acceptors (Lipinski definition) is 8. The zero-order valence-corrected chi connectivity index (χ0v) is 20.1. The Morgan fingerprint density at radius 3 is 2.69 bits per heavy atom. The molecule has 186 valence electrons. The largest absolute Gasteiger partial charge is 0.454 e. The standard InChI is InChI=1S/C24H22FN5O5S/c1-13-9-15(25)4-6-17(13)27-20(31)14-3-2-8-30(11-14)24(33)23-29-28-22(36-23)21(32)26-16-5-7-18-19(10-16)35-12-34-18/h4-7,9-10,14H,2-3,8,11-12H2,1H3,(H,26,32)(H,27,31)/t14-/m1/s1. The molecule has 0 spiro atoms. The van der Waals surface area contributed by atoms with Crippen LogP contribution in [0.3, 0.4) is 0 Å². The van der Waals surface area contributed by atoms with Gasteiger partial charge in [0.05, 0.1) is 5.92 Å². The van der Waals surface area contributed by atoms with Gasteiger partial charge in [-0.1, -0.05) is 11.3 Å². The van der Waals surface area contributed by atoms with Gasteiger partial charge in [-0.25, -0.2) is 4.39 Å². The van der Waals surface area contributed by atoms with Crippen LogP contribution in [0.5, 0.6) is 11.5 Å². The van der Waals surface area contributed by atoms with Gasteiger partial charge in [0.25, 0.3) is 11.8 Å². The summed E-state index contributed by atoms with van der Waals surface area (Å²) in [5, 5.41) is 13.4. The fourth-order valence-electron chi connectivity index (χ4n) is 4.07. The molecule has 2 aliphatic rings. The topological polar surface area (TPSA) is 123 Å². The number of hydrogen-bond donors (Lipinski definition) is 2. The Balaban J connectivity index is 1.21. The zero-order chi connectivity index (χ0) is 25.2. The molecule has 3 amide bonds. The highest BCUT2D eigenvalue weighted by Gasteiger charge is 2.31. The molecule has 0 aliphatic carbocycles. The van der Waals surface area contributed by atoms with Gasteiger partial charge in [0, 0.05) is 30.5 Å². The number of aromatic nitrogens is 2. The summed E-state index contributed by atoms with van der Waals surface area (Å²) < 4.78 is 23.9. The van der Waals surface area contributed by atoms with Crippen LogP contribution in [-0.4, -0.2) is 52.7 Å². The lowest BCUT2D eigenvalue weighted by atomic mass is 9.96. The number of benzene rings is 2. The smallest absolute Gasteiger partial charge is 0.286 e. The lowest BCUT2D eigenvalue weighted by molar-refractivity contribution is -0.121. The van der Waals surface area contributed by atoms with E-state index in [4.69, 9.17) is 9.47 Å². The van der Waals surface area contributed by atoms with E-state index in [1.165, 1.54) is 18.2 Å². The van der Waals surface area contributed by atoms with Crippen molar-refractivity contribution < 1.29 is 28.2 Å². The number of ether oxygens (including phenoxy) is 2. The minimum atomic E-state index is -0.504. The Kier molecular flexibility index (Phi) is 6.51. The number of likely N-dealkylation sites (tertiary alicyclic amines) is 1. The van der Waals surface area contributed by atoms with Crippen molar-refractivity contribution in [3.8, 4) is 11.5 Å². The van der Waals surface area contributed by atoms with Crippen LogP contribution in [0, 0.1) is 18.7 Å². The SMILES string of the molecule is Cc1cc(F)ccc1NC(=O)[C@@H]1CCCN(C(=O)c2nnc(C(=O)Nc3ccc4c(c3)OCO4)s2)C1. The fraction of sp³-hybridized carbons (Fsp3) is 0.292. The Morgan fingerprint density at radius 1 is 1.06 bits per heavy atom. The first-order valence-corrected chi connectivity index (χ1v) is 12.1. The van der Waals surface area contributed by atoms with E-state index in [1.807, 2.05) is 0 Å². The van der Waals surface area contributed by atoms with Crippen LogP contribution in [-0.2, 0) is 4.79 Å². The summed E-state index contributed by atoms with van der Waals surface area (Å²) in [5.41, 5.74) is 1.65. The Bertz CT molecular complexity index is 1350. The number of fused-ring (bicyclic) bond motifs is 1. The molecule has 3 heterocycles. The monoisotopic (exact) mass is 511 g/mol. The molecule has 12 heteroatoms. The molecule has 0 radical (unpaired) electrons. The van der Waals surface area contributed by atoms with Gasteiger partial charge in [0.15, 0.2) is 11.5 Å². The van der Waals surface area contributed by atoms with E-state index in [1.54, 1.807) is 30.0 Å². The van der Waals surface area contributed by atoms with Crippen LogP contribution in [0.4, 0.5) is 15.8 Å². The van der Waals surface area contributed by atoms with Gasteiger partial charge in [-0.15, -0.1) is 10.2 Å². The molecule has 5 rings (SSSR count). The molecule has 10 nitrogen and oxygen atoms in total. The van der Waals surface area contributed by atoms with Gasteiger partial charge in [-0.3, -0.25) is 14.4 Å². The number of anilines is 2. The second kappa shape index (κ2) is 9.90. The van der Waals surface area contributed by atoms with Gasteiger partial charge in [-0.2, -0.15) is 0 Å². The number of aryl methyl sites for hydroxylation is 1. The quantitative estimate of drug-likeness (QED) is 0.538. The summed E-state index contributed by atoms with van der Waals surface area (Å²) in [7, 11) is 0. The van der Waals surface area contributed by atoms with E-state index in [0.717, 1.165) is 11.3 Å². The molecule has 1 aromatic heterocycles. The maximum Gasteiger partial charge on any atom is 0.286 e. The molecule has 36 heavy (non-hydrogen) atoms. The fourth-order valence-corrected chi connectivity index (χ4v) is 4.78. The molecular weight excluding hydrogens is 489 g/mol. The molecule has 2 aliphatic heterocycles. The second-order valence-corrected chi connectivity index (χ2v) is 9.45. The number of carbonyl (C=O) groups is 3. The van der Waals surface area contributed by atoms with Crippen LogP contribution in [0.25, 0.3) is 0 Å². The van der Waals surface area contributed by atoms with E-state index < -0.39 is 11.8 Å². The highest BCUT2D eigenvalue weighted by Crippen LogP contribution is 2.34. The highest BCUT2D eigenvalue weighted by atomic mass is 32.1. The molecule has 2 N–H and O–H groups in total. The van der Waals surface area contributed by atoms with Crippen LogP contribution in [0.2, 0.25) is 0 Å². The normalized spacial score (nSPS) is 16.5. The number of nitrogens with zero attached hydrogens (tertiary/aromatic N) is 3. The van der Waals surface area contributed by atoms with Gasteiger partial charge in [-0.05, 0) is 55.7 Å². The summed E-state index contributed by atoms with van der Waals surface area (Å²) in [6.45, 7) is 2.52. The van der Waals surface area contributed by atoms with Crippen molar-refractivity contribution >= 4 is 40.4 Å². The third kappa shape index (κ3) is 4.98. The van der Waals surface area contributed by atoms with E-state index in [-0.39, 0.29) is 41.0 Å². The predicted molar refractivity (Wildman–Crippen MR) is 129 cm³/mol. The molecule has 1 saturated heterocycles. The van der Waals surface area contributed by atoms with E-state index in [2.05, 4.69) is 20.8 Å². The molecular formula is C24H22FN5O5S. The van der Waals surface area contributed by atoms with Crippen molar-refractivity contribution in [2.24, 2.45) is 5.92 Å². The van der Waals surface area contributed by atoms with E-state index in [9.17, 15) is 18.8 Å². The Morgan fingerprint density at radius 2 is 1.86 bits per heavy atom. The zero-order valence-electron chi connectivity index (χ0n) is 19.2. The summed E-state index contributed by atoms with van der Waals surface area (Å²) in [6, 6.07) is 9.15. The van der Waals surface area contributed by atoms with Crippen LogP contribution < -0.4 is 20.1 Å². The van der Waals surface area contributed by atoms with Crippen LogP contribution in [0.15, 0.2) is 36.4 Å². The average molecular weight is 512 g/mol. The van der Waals surface area contributed by atoms with Gasteiger partial charge in [0.1, 0.15) is 5.82 Å². The number of carbonyl (C=O) groups excluding carboxylic acids is 3.